The third-order valence-corrected chi connectivity index (χ3v) is 6.25. The van der Waals surface area contributed by atoms with Gasteiger partial charge in [-0.3, -0.25) is 4.79 Å². The first kappa shape index (κ1) is 20.8. The molecule has 9 nitrogen and oxygen atoms in total. The fourth-order valence-corrected chi connectivity index (χ4v) is 4.44. The van der Waals surface area contributed by atoms with Crippen molar-refractivity contribution < 1.29 is 9.53 Å². The second kappa shape index (κ2) is 7.63. The number of benzene rings is 2. The summed E-state index contributed by atoms with van der Waals surface area (Å²) in [6.07, 6.45) is 5.20. The maximum absolute atomic E-state index is 13.1. The Bertz CT molecular complexity index is 1610. The molecule has 6 rings (SSSR count). The Morgan fingerprint density at radius 2 is 1.89 bits per heavy atom. The molecule has 1 aliphatic heterocycles. The number of nitrogen functional groups attached to an aromatic ring is 1. The van der Waals surface area contributed by atoms with Crippen LogP contribution in [-0.4, -0.2) is 30.2 Å². The van der Waals surface area contributed by atoms with Crippen LogP contribution in [0.1, 0.15) is 23.6 Å². The van der Waals surface area contributed by atoms with Crippen LogP contribution in [0.2, 0.25) is 0 Å². The standard InChI is InChI=1S/C26H21N7O2/c1-15-7-6-10-17(13-15)35-24-23-28-11-12-33(23)14-18(29-24)21-30-20(27)19-22(31-21)32-25(34)26(19,2)16-8-4-3-5-9-16/h3-14H,1-2H3,(H3,27,30,31,32,34). The SMILES string of the molecule is Cc1cccc(Oc2nc(-c3nc(N)c4c(n3)NC(=O)C4(C)c3ccccc3)cn3ccnc23)c1. The third kappa shape index (κ3) is 3.28. The summed E-state index contributed by atoms with van der Waals surface area (Å²) >= 11 is 0. The highest BCUT2D eigenvalue weighted by atomic mass is 16.5. The van der Waals surface area contributed by atoms with Gasteiger partial charge in [0.2, 0.25) is 11.6 Å². The van der Waals surface area contributed by atoms with Crippen LogP contribution in [0, 0.1) is 6.92 Å². The van der Waals surface area contributed by atoms with Crippen molar-refractivity contribution in [2.45, 2.75) is 19.3 Å². The molecule has 1 unspecified atom stereocenters. The predicted octanol–water partition coefficient (Wildman–Crippen LogP) is 4.13. The maximum atomic E-state index is 13.1. The molecule has 1 aliphatic rings. The van der Waals surface area contributed by atoms with Crippen LogP contribution in [-0.2, 0) is 10.2 Å². The van der Waals surface area contributed by atoms with Crippen LogP contribution < -0.4 is 15.8 Å². The van der Waals surface area contributed by atoms with E-state index in [1.54, 1.807) is 23.0 Å². The summed E-state index contributed by atoms with van der Waals surface area (Å²) in [5, 5.41) is 2.88. The fraction of sp³-hybridized carbons (Fsp3) is 0.115. The van der Waals surface area contributed by atoms with Crippen molar-refractivity contribution in [2.75, 3.05) is 11.1 Å². The van der Waals surface area contributed by atoms with Gasteiger partial charge in [-0.2, -0.15) is 0 Å². The number of nitrogens with two attached hydrogens (primary N) is 1. The third-order valence-electron chi connectivity index (χ3n) is 6.25. The highest BCUT2D eigenvalue weighted by molar-refractivity contribution is 6.09. The van der Waals surface area contributed by atoms with Gasteiger partial charge < -0.3 is 20.2 Å². The Morgan fingerprint density at radius 1 is 1.06 bits per heavy atom. The largest absolute Gasteiger partial charge is 0.436 e. The highest BCUT2D eigenvalue weighted by Crippen LogP contribution is 2.44. The molecule has 3 aromatic heterocycles. The monoisotopic (exact) mass is 463 g/mol. The number of hydrogen-bond acceptors (Lipinski definition) is 7. The summed E-state index contributed by atoms with van der Waals surface area (Å²) in [6, 6.07) is 17.1. The quantitative estimate of drug-likeness (QED) is 0.411. The van der Waals surface area contributed by atoms with Crippen molar-refractivity contribution in [2.24, 2.45) is 0 Å². The fourth-order valence-electron chi connectivity index (χ4n) is 4.44. The number of hydrogen-bond donors (Lipinski definition) is 2. The van der Waals surface area contributed by atoms with Crippen molar-refractivity contribution in [3.05, 3.63) is 89.9 Å². The van der Waals surface area contributed by atoms with Crippen molar-refractivity contribution in [1.82, 2.24) is 24.3 Å². The van der Waals surface area contributed by atoms with Gasteiger partial charge in [0.1, 0.15) is 28.5 Å². The first-order valence-corrected chi connectivity index (χ1v) is 11.1. The van der Waals surface area contributed by atoms with Gasteiger partial charge >= 0.3 is 0 Å². The summed E-state index contributed by atoms with van der Waals surface area (Å²) in [5.41, 5.74) is 8.84. The van der Waals surface area contributed by atoms with Crippen LogP contribution in [0.4, 0.5) is 11.6 Å². The number of amides is 1. The van der Waals surface area contributed by atoms with Crippen LogP contribution in [0.25, 0.3) is 17.2 Å². The molecule has 172 valence electrons. The lowest BCUT2D eigenvalue weighted by Gasteiger charge is -2.23. The van der Waals surface area contributed by atoms with Crippen molar-refractivity contribution in [1.29, 1.82) is 0 Å². The minimum absolute atomic E-state index is 0.210. The number of ether oxygens (including phenoxy) is 1. The van der Waals surface area contributed by atoms with E-state index in [2.05, 4.69) is 25.3 Å². The van der Waals surface area contributed by atoms with E-state index < -0.39 is 5.41 Å². The van der Waals surface area contributed by atoms with Gasteiger partial charge in [-0.15, -0.1) is 0 Å². The molecule has 0 aliphatic carbocycles. The summed E-state index contributed by atoms with van der Waals surface area (Å²) in [4.78, 5) is 31.3. The summed E-state index contributed by atoms with van der Waals surface area (Å²) in [7, 11) is 0. The average Bonchev–Trinajstić information content (AvgIpc) is 3.43. The van der Waals surface area contributed by atoms with E-state index in [1.807, 2.05) is 68.4 Å². The number of aromatic nitrogens is 5. The number of anilines is 2. The van der Waals surface area contributed by atoms with Crippen molar-refractivity contribution in [3.8, 4) is 23.1 Å². The molecule has 2 aromatic carbocycles. The van der Waals surface area contributed by atoms with Gasteiger partial charge in [-0.25, -0.2) is 19.9 Å². The minimum atomic E-state index is -1.000. The summed E-state index contributed by atoms with van der Waals surface area (Å²) < 4.78 is 7.86. The highest BCUT2D eigenvalue weighted by Gasteiger charge is 2.47. The maximum Gasteiger partial charge on any atom is 0.264 e. The molecule has 4 heterocycles. The second-order valence-corrected chi connectivity index (χ2v) is 8.61. The Morgan fingerprint density at radius 3 is 2.69 bits per heavy atom. The van der Waals surface area contributed by atoms with Gasteiger partial charge in [0.05, 0.1) is 5.56 Å². The van der Waals surface area contributed by atoms with Gasteiger partial charge in [0.15, 0.2) is 5.82 Å². The smallest absolute Gasteiger partial charge is 0.264 e. The lowest BCUT2D eigenvalue weighted by atomic mass is 9.78. The Hall–Kier alpha value is -4.79. The zero-order valence-electron chi connectivity index (χ0n) is 19.1. The lowest BCUT2D eigenvalue weighted by molar-refractivity contribution is -0.119. The number of aryl methyl sites for hydroxylation is 1. The van der Waals surface area contributed by atoms with E-state index in [0.29, 0.717) is 34.4 Å². The molecule has 1 amide bonds. The van der Waals surface area contributed by atoms with Crippen molar-refractivity contribution >= 4 is 23.2 Å². The normalized spacial score (nSPS) is 16.8. The average molecular weight is 464 g/mol. The molecular weight excluding hydrogens is 442 g/mol. The molecule has 35 heavy (non-hydrogen) atoms. The van der Waals surface area contributed by atoms with Gasteiger partial charge in [-0.1, -0.05) is 42.5 Å². The molecule has 3 N–H and O–H groups in total. The molecule has 0 saturated carbocycles. The molecule has 0 spiro atoms. The number of nitrogens with one attached hydrogen (secondary N) is 1. The summed E-state index contributed by atoms with van der Waals surface area (Å²) in [5.74, 6) is 1.58. The lowest BCUT2D eigenvalue weighted by Crippen LogP contribution is -2.32. The van der Waals surface area contributed by atoms with E-state index in [4.69, 9.17) is 10.5 Å². The number of fused-ring (bicyclic) bond motifs is 2. The molecule has 0 saturated heterocycles. The summed E-state index contributed by atoms with van der Waals surface area (Å²) in [6.45, 7) is 3.81. The molecule has 0 fully saturated rings. The molecule has 0 radical (unpaired) electrons. The number of rotatable bonds is 4. The first-order valence-electron chi connectivity index (χ1n) is 11.1. The molecule has 9 heteroatoms. The zero-order chi connectivity index (χ0) is 24.2. The van der Waals surface area contributed by atoms with Crippen LogP contribution >= 0.6 is 0 Å². The number of carbonyl (C=O) groups is 1. The second-order valence-electron chi connectivity index (χ2n) is 8.61. The molecule has 5 aromatic rings. The topological polar surface area (TPSA) is 120 Å². The minimum Gasteiger partial charge on any atom is -0.436 e. The van der Waals surface area contributed by atoms with Crippen molar-refractivity contribution in [3.63, 3.8) is 0 Å². The predicted molar refractivity (Wildman–Crippen MR) is 131 cm³/mol. The van der Waals surface area contributed by atoms with Crippen LogP contribution in [0.3, 0.4) is 0 Å². The molecule has 1 atom stereocenters. The number of nitrogens with zero attached hydrogens (tertiary/aromatic N) is 5. The van der Waals surface area contributed by atoms with Gasteiger partial charge in [0.25, 0.3) is 5.88 Å². The number of carbonyl (C=O) groups excluding carboxylic acids is 1. The Labute approximate surface area is 200 Å². The zero-order valence-corrected chi connectivity index (χ0v) is 19.1. The van der Waals surface area contributed by atoms with Gasteiger partial charge in [-0.05, 0) is 37.1 Å². The van der Waals surface area contributed by atoms with Gasteiger partial charge in [0, 0.05) is 18.6 Å². The number of imidazole rings is 1. The van der Waals surface area contributed by atoms with E-state index in [-0.39, 0.29) is 17.5 Å². The molecular formula is C26H21N7O2. The first-order chi connectivity index (χ1) is 16.9. The molecule has 0 bridgehead atoms. The van der Waals surface area contributed by atoms with E-state index >= 15 is 0 Å². The van der Waals surface area contributed by atoms with E-state index in [0.717, 1.165) is 11.1 Å². The van der Waals surface area contributed by atoms with E-state index in [9.17, 15) is 4.79 Å². The Kier molecular flexibility index (Phi) is 4.53. The van der Waals surface area contributed by atoms with Crippen LogP contribution in [0.15, 0.2) is 73.2 Å². The Balaban J connectivity index is 1.47. The van der Waals surface area contributed by atoms with Crippen LogP contribution in [0.5, 0.6) is 11.6 Å². The van der Waals surface area contributed by atoms with E-state index in [1.165, 1.54) is 0 Å².